The number of likely N-dealkylation sites (tertiary alicyclic amines) is 1. The van der Waals surface area contributed by atoms with E-state index in [1.54, 1.807) is 4.90 Å². The van der Waals surface area contributed by atoms with Crippen molar-refractivity contribution < 1.29 is 14.6 Å². The number of hydrogen-bond acceptors (Lipinski definition) is 4. The maximum absolute atomic E-state index is 11.8. The number of nitrogens with zero attached hydrogens (tertiary/aromatic N) is 1. The lowest BCUT2D eigenvalue weighted by Gasteiger charge is -2.44. The molecule has 0 bridgehead atoms. The van der Waals surface area contributed by atoms with Crippen LogP contribution in [0.2, 0.25) is 0 Å². The fourth-order valence-corrected chi connectivity index (χ4v) is 2.77. The number of carbonyl (C=O) groups is 1. The Morgan fingerprint density at radius 2 is 1.84 bits per heavy atom. The van der Waals surface area contributed by atoms with Gasteiger partial charge in [-0.2, -0.15) is 0 Å². The molecule has 0 radical (unpaired) electrons. The summed E-state index contributed by atoms with van der Waals surface area (Å²) in [7, 11) is 0. The Labute approximate surface area is 115 Å². The third-order valence-electron chi connectivity index (χ3n) is 3.91. The van der Waals surface area contributed by atoms with Crippen LogP contribution in [-0.2, 0) is 4.74 Å². The van der Waals surface area contributed by atoms with Crippen molar-refractivity contribution >= 4 is 6.09 Å². The fraction of sp³-hybridized carbons (Fsp3) is 0.929. The average Bonchev–Trinajstić information content (AvgIpc) is 2.25. The molecular formula is C14H26N2O3. The summed E-state index contributed by atoms with van der Waals surface area (Å²) in [6.45, 7) is 8.83. The summed E-state index contributed by atoms with van der Waals surface area (Å²) in [5.41, 5.74) is -0.449. The van der Waals surface area contributed by atoms with Crippen LogP contribution >= 0.6 is 0 Å². The number of ether oxygens (including phenoxy) is 1. The minimum atomic E-state index is -0.449. The average molecular weight is 270 g/mol. The third kappa shape index (κ3) is 3.83. The Kier molecular flexibility index (Phi) is 4.36. The van der Waals surface area contributed by atoms with E-state index in [0.717, 1.165) is 25.9 Å². The molecule has 1 amide bonds. The minimum absolute atomic E-state index is 0.218. The van der Waals surface area contributed by atoms with Gasteiger partial charge in [0, 0.05) is 19.0 Å². The Hall–Kier alpha value is -0.810. The van der Waals surface area contributed by atoms with Gasteiger partial charge in [-0.05, 0) is 52.6 Å². The van der Waals surface area contributed by atoms with Crippen molar-refractivity contribution in [3.05, 3.63) is 0 Å². The molecule has 2 N–H and O–H groups in total. The van der Waals surface area contributed by atoms with Crippen molar-refractivity contribution in [3.63, 3.8) is 0 Å². The summed E-state index contributed by atoms with van der Waals surface area (Å²) in [6.07, 6.45) is 1.52. The van der Waals surface area contributed by atoms with Gasteiger partial charge in [0.05, 0.1) is 6.10 Å². The quantitative estimate of drug-likeness (QED) is 0.792. The zero-order valence-electron chi connectivity index (χ0n) is 12.2. The third-order valence-corrected chi connectivity index (χ3v) is 3.91. The molecule has 2 saturated heterocycles. The summed E-state index contributed by atoms with van der Waals surface area (Å²) in [6, 6.07) is 0. The van der Waals surface area contributed by atoms with Gasteiger partial charge in [-0.1, -0.05) is 0 Å². The number of amides is 1. The van der Waals surface area contributed by atoms with Gasteiger partial charge >= 0.3 is 6.09 Å². The lowest BCUT2D eigenvalue weighted by atomic mass is 9.81. The van der Waals surface area contributed by atoms with Crippen molar-refractivity contribution in [3.8, 4) is 0 Å². The van der Waals surface area contributed by atoms with Crippen molar-refractivity contribution in [1.82, 2.24) is 10.2 Å². The number of aliphatic hydroxyl groups excluding tert-OH is 1. The van der Waals surface area contributed by atoms with Crippen LogP contribution in [0.3, 0.4) is 0 Å². The van der Waals surface area contributed by atoms with Crippen molar-refractivity contribution in [2.45, 2.75) is 45.3 Å². The van der Waals surface area contributed by atoms with Gasteiger partial charge in [-0.25, -0.2) is 4.79 Å². The first kappa shape index (κ1) is 14.6. The highest BCUT2D eigenvalue weighted by Crippen LogP contribution is 2.29. The van der Waals surface area contributed by atoms with E-state index >= 15 is 0 Å². The smallest absolute Gasteiger partial charge is 0.410 e. The van der Waals surface area contributed by atoms with Gasteiger partial charge in [0.2, 0.25) is 0 Å². The van der Waals surface area contributed by atoms with E-state index in [4.69, 9.17) is 4.74 Å². The molecule has 2 aliphatic heterocycles. The molecule has 0 aromatic rings. The van der Waals surface area contributed by atoms with E-state index in [0.29, 0.717) is 19.0 Å². The van der Waals surface area contributed by atoms with Crippen LogP contribution in [-0.4, -0.2) is 54.0 Å². The molecule has 2 rings (SSSR count). The van der Waals surface area contributed by atoms with Crippen LogP contribution < -0.4 is 5.32 Å². The molecule has 5 nitrogen and oxygen atoms in total. The number of piperidine rings is 1. The summed E-state index contributed by atoms with van der Waals surface area (Å²) in [5.74, 6) is 0.600. The molecule has 0 spiro atoms. The lowest BCUT2D eigenvalue weighted by Crippen LogP contribution is -2.57. The van der Waals surface area contributed by atoms with Crippen LogP contribution in [0, 0.1) is 11.8 Å². The second-order valence-corrected chi connectivity index (χ2v) is 6.72. The van der Waals surface area contributed by atoms with Gasteiger partial charge in [0.25, 0.3) is 0 Å². The molecule has 0 aromatic carbocycles. The maximum Gasteiger partial charge on any atom is 0.410 e. The van der Waals surface area contributed by atoms with Crippen molar-refractivity contribution in [2.24, 2.45) is 11.8 Å². The van der Waals surface area contributed by atoms with Crippen molar-refractivity contribution in [2.75, 3.05) is 26.2 Å². The van der Waals surface area contributed by atoms with Crippen LogP contribution in [0.25, 0.3) is 0 Å². The Bertz CT molecular complexity index is 315. The molecular weight excluding hydrogens is 244 g/mol. The predicted molar refractivity (Wildman–Crippen MR) is 72.9 cm³/mol. The number of nitrogens with one attached hydrogen (secondary N) is 1. The normalized spacial score (nSPS) is 23.9. The highest BCUT2D eigenvalue weighted by molar-refractivity contribution is 5.69. The van der Waals surface area contributed by atoms with Gasteiger partial charge in [0.1, 0.15) is 5.60 Å². The number of aliphatic hydroxyl groups is 1. The largest absolute Gasteiger partial charge is 0.444 e. The predicted octanol–water partition coefficient (Wildman–Crippen LogP) is 1.21. The Balaban J connectivity index is 1.74. The van der Waals surface area contributed by atoms with Gasteiger partial charge < -0.3 is 20.1 Å². The summed E-state index contributed by atoms with van der Waals surface area (Å²) in [5, 5.41) is 13.6. The van der Waals surface area contributed by atoms with Crippen LogP contribution in [0.15, 0.2) is 0 Å². The Morgan fingerprint density at radius 1 is 1.26 bits per heavy atom. The number of rotatable bonds is 2. The van der Waals surface area contributed by atoms with Crippen LogP contribution in [0.5, 0.6) is 0 Å². The molecule has 5 heteroatoms. The second kappa shape index (κ2) is 5.67. The number of carbonyl (C=O) groups excluding carboxylic acids is 1. The van der Waals surface area contributed by atoms with Crippen molar-refractivity contribution in [1.29, 1.82) is 0 Å². The molecule has 110 valence electrons. The first-order chi connectivity index (χ1) is 8.87. The van der Waals surface area contributed by atoms with Gasteiger partial charge in [0.15, 0.2) is 0 Å². The Morgan fingerprint density at radius 3 is 2.37 bits per heavy atom. The molecule has 1 atom stereocenters. The summed E-state index contributed by atoms with van der Waals surface area (Å²) < 4.78 is 5.31. The minimum Gasteiger partial charge on any atom is -0.444 e. The van der Waals surface area contributed by atoms with E-state index in [1.807, 2.05) is 20.8 Å². The monoisotopic (exact) mass is 270 g/mol. The molecule has 2 aliphatic rings. The summed E-state index contributed by atoms with van der Waals surface area (Å²) >= 11 is 0. The highest BCUT2D eigenvalue weighted by Gasteiger charge is 2.40. The molecule has 0 aliphatic carbocycles. The fourth-order valence-electron chi connectivity index (χ4n) is 2.77. The lowest BCUT2D eigenvalue weighted by molar-refractivity contribution is -0.0512. The zero-order chi connectivity index (χ0) is 14.0. The standard InChI is InChI=1S/C14H26N2O3/c1-14(2,3)19-13(18)16-8-11(9-16)12(17)10-4-6-15-7-5-10/h10-12,15,17H,4-9H2,1-3H3. The molecule has 1 unspecified atom stereocenters. The SMILES string of the molecule is CC(C)(C)OC(=O)N1CC(C(O)C2CCNCC2)C1. The van der Waals surface area contributed by atoms with Crippen LogP contribution in [0.4, 0.5) is 4.79 Å². The first-order valence-corrected chi connectivity index (χ1v) is 7.23. The molecule has 0 aromatic heterocycles. The molecule has 2 fully saturated rings. The van der Waals surface area contributed by atoms with E-state index in [1.165, 1.54) is 0 Å². The topological polar surface area (TPSA) is 61.8 Å². The van der Waals surface area contributed by atoms with Crippen LogP contribution in [0.1, 0.15) is 33.6 Å². The second-order valence-electron chi connectivity index (χ2n) is 6.72. The van der Waals surface area contributed by atoms with E-state index in [2.05, 4.69) is 5.32 Å². The van der Waals surface area contributed by atoms with Gasteiger partial charge in [-0.3, -0.25) is 0 Å². The summed E-state index contributed by atoms with van der Waals surface area (Å²) in [4.78, 5) is 13.5. The van der Waals surface area contributed by atoms with E-state index in [-0.39, 0.29) is 18.1 Å². The van der Waals surface area contributed by atoms with E-state index < -0.39 is 5.60 Å². The zero-order valence-corrected chi connectivity index (χ0v) is 12.2. The van der Waals surface area contributed by atoms with E-state index in [9.17, 15) is 9.90 Å². The molecule has 19 heavy (non-hydrogen) atoms. The van der Waals surface area contributed by atoms with Gasteiger partial charge in [-0.15, -0.1) is 0 Å². The highest BCUT2D eigenvalue weighted by atomic mass is 16.6. The maximum atomic E-state index is 11.8. The first-order valence-electron chi connectivity index (χ1n) is 7.23. The number of hydrogen-bond donors (Lipinski definition) is 2. The molecule has 2 heterocycles. The molecule has 0 saturated carbocycles.